The Labute approximate surface area is 147 Å². The molecule has 0 bridgehead atoms. The second kappa shape index (κ2) is 8.39. The van der Waals surface area contributed by atoms with Crippen molar-refractivity contribution >= 4 is 23.6 Å². The van der Waals surface area contributed by atoms with Crippen LogP contribution in [0, 0.1) is 0 Å². The Bertz CT molecular complexity index is 577. The van der Waals surface area contributed by atoms with Gasteiger partial charge in [-0.05, 0) is 24.6 Å². The monoisotopic (exact) mass is 352 g/mol. The van der Waals surface area contributed by atoms with Crippen LogP contribution >= 0.6 is 11.8 Å². The minimum atomic E-state index is -0.142. The molecule has 0 unspecified atom stereocenters. The summed E-state index contributed by atoms with van der Waals surface area (Å²) in [6.07, 6.45) is 0. The summed E-state index contributed by atoms with van der Waals surface area (Å²) in [5, 5.41) is 2.61. The van der Waals surface area contributed by atoms with Gasteiger partial charge in [-0.2, -0.15) is 0 Å². The third kappa shape index (κ3) is 4.64. The minimum Gasteiger partial charge on any atom is -0.497 e. The molecule has 132 valence electrons. The van der Waals surface area contributed by atoms with Crippen LogP contribution in [0.5, 0.6) is 5.75 Å². The maximum Gasteiger partial charge on any atom is 0.239 e. The Morgan fingerprint density at radius 3 is 2.58 bits per heavy atom. The first-order valence-electron chi connectivity index (χ1n) is 8.08. The fourth-order valence-corrected chi connectivity index (χ4v) is 3.80. The largest absolute Gasteiger partial charge is 0.497 e. The topological polar surface area (TPSA) is 63.1 Å². The van der Waals surface area contributed by atoms with E-state index in [2.05, 4.69) is 5.32 Å². The summed E-state index contributed by atoms with van der Waals surface area (Å²) in [6, 6.07) is 7.65. The zero-order chi connectivity index (χ0) is 17.7. The van der Waals surface area contributed by atoms with E-state index in [1.54, 1.807) is 23.8 Å². The van der Waals surface area contributed by atoms with E-state index < -0.39 is 0 Å². The van der Waals surface area contributed by atoms with Gasteiger partial charge < -0.3 is 19.9 Å². The van der Waals surface area contributed by atoms with Crippen molar-refractivity contribution in [1.29, 1.82) is 0 Å². The second-order valence-electron chi connectivity index (χ2n) is 6.18. The van der Waals surface area contributed by atoms with Gasteiger partial charge in [0.15, 0.2) is 0 Å². The second-order valence-corrected chi connectivity index (χ2v) is 7.60. The van der Waals surface area contributed by atoms with Crippen molar-refractivity contribution < 1.29 is 19.2 Å². The van der Waals surface area contributed by atoms with Crippen LogP contribution in [-0.4, -0.2) is 62.8 Å². The van der Waals surface area contributed by atoms with E-state index >= 15 is 0 Å². The standard InChI is InChI=1S/C17H25N3O3S/c1-12-16(22)20(11-15(21)18-9-10-19(2)3)17(24-12)13-5-7-14(23-4)8-6-13/h5-8,12,17H,9-11H2,1-4H3,(H,18,21)/p+1/t12-,17-/m0/s1. The van der Waals surface area contributed by atoms with Crippen LogP contribution in [0.4, 0.5) is 0 Å². The number of hydrogen-bond acceptors (Lipinski definition) is 4. The average Bonchev–Trinajstić information content (AvgIpc) is 2.83. The smallest absolute Gasteiger partial charge is 0.239 e. The van der Waals surface area contributed by atoms with Gasteiger partial charge in [0.05, 0.1) is 39.5 Å². The first-order chi connectivity index (χ1) is 11.4. The maximum absolute atomic E-state index is 12.4. The van der Waals surface area contributed by atoms with Gasteiger partial charge in [0, 0.05) is 0 Å². The van der Waals surface area contributed by atoms with Crippen molar-refractivity contribution in [3.63, 3.8) is 0 Å². The Kier molecular flexibility index (Phi) is 6.51. The molecule has 0 aromatic heterocycles. The zero-order valence-corrected chi connectivity index (χ0v) is 15.5. The molecule has 2 atom stereocenters. The van der Waals surface area contributed by atoms with Crippen LogP contribution in [0.25, 0.3) is 0 Å². The summed E-state index contributed by atoms with van der Waals surface area (Å²) in [6.45, 7) is 3.44. The van der Waals surface area contributed by atoms with Gasteiger partial charge in [-0.15, -0.1) is 11.8 Å². The molecule has 0 radical (unpaired) electrons. The summed E-state index contributed by atoms with van der Waals surface area (Å²) in [7, 11) is 5.69. The molecule has 24 heavy (non-hydrogen) atoms. The number of rotatable bonds is 7. The summed E-state index contributed by atoms with van der Waals surface area (Å²) >= 11 is 1.57. The number of likely N-dealkylation sites (N-methyl/N-ethyl adjacent to an activating group) is 1. The number of methoxy groups -OCH3 is 1. The number of carbonyl (C=O) groups excluding carboxylic acids is 2. The Balaban J connectivity index is 2.03. The highest BCUT2D eigenvalue weighted by Crippen LogP contribution is 2.42. The number of nitrogens with zero attached hydrogens (tertiary/aromatic N) is 1. The molecule has 1 fully saturated rings. The van der Waals surface area contributed by atoms with Gasteiger partial charge in [-0.25, -0.2) is 0 Å². The molecule has 0 spiro atoms. The van der Waals surface area contributed by atoms with Crippen molar-refractivity contribution in [2.75, 3.05) is 40.8 Å². The van der Waals surface area contributed by atoms with Crippen molar-refractivity contribution in [2.24, 2.45) is 0 Å². The lowest BCUT2D eigenvalue weighted by atomic mass is 10.2. The Morgan fingerprint density at radius 1 is 1.33 bits per heavy atom. The molecule has 1 saturated heterocycles. The van der Waals surface area contributed by atoms with Gasteiger partial charge in [0.25, 0.3) is 0 Å². The van der Waals surface area contributed by atoms with Gasteiger partial charge in [-0.1, -0.05) is 12.1 Å². The number of amides is 2. The first kappa shape index (κ1) is 18.6. The number of thioether (sulfide) groups is 1. The van der Waals surface area contributed by atoms with Gasteiger partial charge in [-0.3, -0.25) is 9.59 Å². The SMILES string of the molecule is COc1ccc([C@@H]2S[C@@H](C)C(=O)N2CC(=O)NCC[NH+](C)C)cc1. The van der Waals surface area contributed by atoms with E-state index in [1.807, 2.05) is 45.3 Å². The van der Waals surface area contributed by atoms with E-state index in [4.69, 9.17) is 4.74 Å². The molecule has 0 saturated carbocycles. The number of benzene rings is 1. The highest BCUT2D eigenvalue weighted by atomic mass is 32.2. The molecular weight excluding hydrogens is 326 g/mol. The molecule has 6 nitrogen and oxygen atoms in total. The molecule has 1 aliphatic rings. The van der Waals surface area contributed by atoms with Crippen LogP contribution in [0.3, 0.4) is 0 Å². The fraction of sp³-hybridized carbons (Fsp3) is 0.529. The predicted molar refractivity (Wildman–Crippen MR) is 95.2 cm³/mol. The number of hydrogen-bond donors (Lipinski definition) is 2. The lowest BCUT2D eigenvalue weighted by Crippen LogP contribution is -3.06. The summed E-state index contributed by atoms with van der Waals surface area (Å²) in [5.74, 6) is 0.670. The van der Waals surface area contributed by atoms with Crippen LogP contribution in [0.1, 0.15) is 17.9 Å². The number of ether oxygens (including phenoxy) is 1. The molecular formula is C17H26N3O3S+. The molecule has 1 heterocycles. The first-order valence-corrected chi connectivity index (χ1v) is 9.02. The van der Waals surface area contributed by atoms with Gasteiger partial charge in [0.1, 0.15) is 17.7 Å². The molecule has 7 heteroatoms. The number of quaternary nitrogens is 1. The Morgan fingerprint density at radius 2 is 2.00 bits per heavy atom. The highest BCUT2D eigenvalue weighted by molar-refractivity contribution is 8.01. The van der Waals surface area contributed by atoms with Gasteiger partial charge >= 0.3 is 0 Å². The van der Waals surface area contributed by atoms with E-state index in [0.717, 1.165) is 17.9 Å². The summed E-state index contributed by atoms with van der Waals surface area (Å²) in [5.41, 5.74) is 1.00. The molecule has 1 aromatic rings. The molecule has 1 aliphatic heterocycles. The van der Waals surface area contributed by atoms with E-state index in [0.29, 0.717) is 6.54 Å². The van der Waals surface area contributed by atoms with Crippen LogP contribution in [-0.2, 0) is 9.59 Å². The van der Waals surface area contributed by atoms with E-state index in [1.165, 1.54) is 4.90 Å². The third-order valence-corrected chi connectivity index (χ3v) is 5.30. The zero-order valence-electron chi connectivity index (χ0n) is 14.7. The maximum atomic E-state index is 12.4. The summed E-state index contributed by atoms with van der Waals surface area (Å²) < 4.78 is 5.18. The van der Waals surface area contributed by atoms with E-state index in [9.17, 15) is 9.59 Å². The highest BCUT2D eigenvalue weighted by Gasteiger charge is 2.39. The van der Waals surface area contributed by atoms with Crippen molar-refractivity contribution in [2.45, 2.75) is 17.5 Å². The van der Waals surface area contributed by atoms with Crippen molar-refractivity contribution in [3.05, 3.63) is 29.8 Å². The molecule has 0 aliphatic carbocycles. The Hall–Kier alpha value is -1.73. The predicted octanol–water partition coefficient (Wildman–Crippen LogP) is -0.0816. The van der Waals surface area contributed by atoms with Crippen molar-refractivity contribution in [1.82, 2.24) is 10.2 Å². The third-order valence-electron chi connectivity index (χ3n) is 3.91. The molecule has 2 amide bonds. The van der Waals surface area contributed by atoms with Crippen molar-refractivity contribution in [3.8, 4) is 5.75 Å². The molecule has 2 rings (SSSR count). The molecule has 1 aromatic carbocycles. The average molecular weight is 352 g/mol. The van der Waals surface area contributed by atoms with Gasteiger partial charge in [0.2, 0.25) is 11.8 Å². The lowest BCUT2D eigenvalue weighted by Gasteiger charge is -2.23. The minimum absolute atomic E-state index is 0.00852. The van der Waals surface area contributed by atoms with Crippen LogP contribution in [0.15, 0.2) is 24.3 Å². The quantitative estimate of drug-likeness (QED) is 0.721. The van der Waals surface area contributed by atoms with E-state index in [-0.39, 0.29) is 29.0 Å². The fourth-order valence-electron chi connectivity index (χ4n) is 2.52. The summed E-state index contributed by atoms with van der Waals surface area (Å²) in [4.78, 5) is 27.5. The number of carbonyl (C=O) groups is 2. The van der Waals surface area contributed by atoms with Crippen LogP contribution in [0.2, 0.25) is 0 Å². The molecule has 2 N–H and O–H groups in total. The number of nitrogens with one attached hydrogen (secondary N) is 2. The lowest BCUT2D eigenvalue weighted by molar-refractivity contribution is -0.856. The normalized spacial score (nSPS) is 20.5. The van der Waals surface area contributed by atoms with Crippen LogP contribution < -0.4 is 15.0 Å².